The summed E-state index contributed by atoms with van der Waals surface area (Å²) in [5.41, 5.74) is 2.38. The van der Waals surface area contributed by atoms with Crippen LogP contribution in [0.15, 0.2) is 36.7 Å². The molecule has 3 rings (SSSR count). The van der Waals surface area contributed by atoms with Crippen LogP contribution in [-0.4, -0.2) is 52.4 Å². The highest BCUT2D eigenvalue weighted by atomic mass is 32.2. The van der Waals surface area contributed by atoms with Crippen molar-refractivity contribution in [3.05, 3.63) is 47.8 Å². The van der Waals surface area contributed by atoms with Crippen LogP contribution in [0, 0.1) is 18.3 Å². The number of hydrogen-bond donors (Lipinski definition) is 0. The lowest BCUT2D eigenvalue weighted by atomic mass is 10.00. The van der Waals surface area contributed by atoms with E-state index in [1.807, 2.05) is 13.0 Å². The molecule has 4 atom stereocenters. The van der Waals surface area contributed by atoms with E-state index >= 15 is 0 Å². The molecule has 1 fully saturated rings. The van der Waals surface area contributed by atoms with Gasteiger partial charge < -0.3 is 18.9 Å². The first-order chi connectivity index (χ1) is 16.2. The highest BCUT2D eigenvalue weighted by molar-refractivity contribution is 7.99. The number of carbonyl (C=O) groups excluding carboxylic acids is 3. The number of pyridine rings is 1. The maximum absolute atomic E-state index is 11.8. The molecular weight excluding hydrogens is 460 g/mol. The van der Waals surface area contributed by atoms with Gasteiger partial charge in [-0.15, -0.1) is 11.8 Å². The van der Waals surface area contributed by atoms with Gasteiger partial charge >= 0.3 is 17.9 Å². The molecule has 34 heavy (non-hydrogen) atoms. The molecular formula is C24H24N2O7S. The molecule has 2 aromatic rings. The molecule has 1 aromatic heterocycles. The lowest BCUT2D eigenvalue weighted by Crippen LogP contribution is -2.55. The molecule has 0 amide bonds. The fourth-order valence-electron chi connectivity index (χ4n) is 3.63. The van der Waals surface area contributed by atoms with E-state index in [0.29, 0.717) is 11.3 Å². The molecule has 10 heteroatoms. The SMILES string of the molecule is CC(=O)O[C@H]1[C@H](OC(C)=O)CSC(Oc2cncc(-c3ccc(C#N)cc3C)c2)[C@@H]1OC(C)=O. The Morgan fingerprint density at radius 1 is 1.00 bits per heavy atom. The van der Waals surface area contributed by atoms with Crippen molar-refractivity contribution in [2.24, 2.45) is 0 Å². The number of nitriles is 1. The van der Waals surface area contributed by atoms with Crippen LogP contribution in [-0.2, 0) is 28.6 Å². The van der Waals surface area contributed by atoms with E-state index in [0.717, 1.165) is 16.7 Å². The first-order valence-electron chi connectivity index (χ1n) is 10.4. The van der Waals surface area contributed by atoms with E-state index in [2.05, 4.69) is 11.1 Å². The van der Waals surface area contributed by atoms with Crippen molar-refractivity contribution in [3.63, 3.8) is 0 Å². The van der Waals surface area contributed by atoms with Crippen molar-refractivity contribution in [2.45, 2.75) is 51.4 Å². The maximum Gasteiger partial charge on any atom is 0.303 e. The molecule has 0 bridgehead atoms. The number of hydrogen-bond acceptors (Lipinski definition) is 10. The predicted molar refractivity (Wildman–Crippen MR) is 123 cm³/mol. The minimum Gasteiger partial charge on any atom is -0.474 e. The minimum atomic E-state index is -1.03. The second-order valence-corrected chi connectivity index (χ2v) is 8.80. The highest BCUT2D eigenvalue weighted by Crippen LogP contribution is 2.35. The molecule has 0 aliphatic carbocycles. The van der Waals surface area contributed by atoms with Gasteiger partial charge in [-0.3, -0.25) is 19.4 Å². The highest BCUT2D eigenvalue weighted by Gasteiger charge is 2.47. The molecule has 2 heterocycles. The van der Waals surface area contributed by atoms with Crippen LogP contribution < -0.4 is 4.74 Å². The number of rotatable bonds is 6. The normalized spacial score (nSPS) is 21.6. The Hall–Kier alpha value is -3.58. The van der Waals surface area contributed by atoms with Crippen molar-refractivity contribution in [1.29, 1.82) is 5.26 Å². The van der Waals surface area contributed by atoms with E-state index in [4.69, 9.17) is 24.2 Å². The Labute approximate surface area is 201 Å². The van der Waals surface area contributed by atoms with Gasteiger partial charge in [-0.25, -0.2) is 0 Å². The number of esters is 3. The molecule has 0 saturated carbocycles. The van der Waals surface area contributed by atoms with Gasteiger partial charge in [-0.2, -0.15) is 5.26 Å². The third kappa shape index (κ3) is 6.26. The third-order valence-electron chi connectivity index (χ3n) is 4.94. The van der Waals surface area contributed by atoms with Crippen molar-refractivity contribution in [1.82, 2.24) is 4.98 Å². The fourth-order valence-corrected chi connectivity index (χ4v) is 4.85. The average Bonchev–Trinajstić information content (AvgIpc) is 2.76. The minimum absolute atomic E-state index is 0.266. The van der Waals surface area contributed by atoms with E-state index in [1.54, 1.807) is 24.4 Å². The van der Waals surface area contributed by atoms with Crippen LogP contribution in [0.25, 0.3) is 11.1 Å². The second kappa shape index (κ2) is 11.0. The second-order valence-electron chi connectivity index (χ2n) is 7.67. The molecule has 1 aliphatic rings. The van der Waals surface area contributed by atoms with Gasteiger partial charge in [0, 0.05) is 38.3 Å². The van der Waals surface area contributed by atoms with Crippen molar-refractivity contribution in [3.8, 4) is 22.9 Å². The first kappa shape index (κ1) is 25.1. The van der Waals surface area contributed by atoms with Crippen LogP contribution in [0.3, 0.4) is 0 Å². The monoisotopic (exact) mass is 484 g/mol. The number of ether oxygens (including phenoxy) is 4. The van der Waals surface area contributed by atoms with E-state index in [9.17, 15) is 14.4 Å². The van der Waals surface area contributed by atoms with Crippen molar-refractivity contribution < 1.29 is 33.3 Å². The summed E-state index contributed by atoms with van der Waals surface area (Å²) in [6.07, 6.45) is 0.337. The average molecular weight is 485 g/mol. The van der Waals surface area contributed by atoms with Crippen molar-refractivity contribution >= 4 is 29.7 Å². The Bertz CT molecular complexity index is 1130. The van der Waals surface area contributed by atoms with E-state index < -0.39 is 41.7 Å². The fraction of sp³-hybridized carbons (Fsp3) is 0.375. The Balaban J connectivity index is 1.89. The zero-order chi connectivity index (χ0) is 24.8. The molecule has 9 nitrogen and oxygen atoms in total. The van der Waals surface area contributed by atoms with E-state index in [-0.39, 0.29) is 5.75 Å². The smallest absolute Gasteiger partial charge is 0.303 e. The van der Waals surface area contributed by atoms with Gasteiger partial charge in [-0.05, 0) is 36.2 Å². The van der Waals surface area contributed by atoms with Crippen molar-refractivity contribution in [2.75, 3.05) is 5.75 Å². The molecule has 0 radical (unpaired) electrons. The topological polar surface area (TPSA) is 125 Å². The van der Waals surface area contributed by atoms with Gasteiger partial charge in [0.25, 0.3) is 0 Å². The lowest BCUT2D eigenvalue weighted by Gasteiger charge is -2.39. The van der Waals surface area contributed by atoms with Gasteiger partial charge in [0.15, 0.2) is 23.7 Å². The van der Waals surface area contributed by atoms with Gasteiger partial charge in [0.2, 0.25) is 0 Å². The number of aromatic nitrogens is 1. The summed E-state index contributed by atoms with van der Waals surface area (Å²) in [5.74, 6) is -1.08. The maximum atomic E-state index is 11.8. The van der Waals surface area contributed by atoms with Crippen LogP contribution in [0.1, 0.15) is 31.9 Å². The van der Waals surface area contributed by atoms with Crippen LogP contribution in [0.5, 0.6) is 5.75 Å². The third-order valence-corrected chi connectivity index (χ3v) is 6.15. The summed E-state index contributed by atoms with van der Waals surface area (Å²) in [4.78, 5) is 39.4. The summed E-state index contributed by atoms with van der Waals surface area (Å²) in [6, 6.07) is 9.25. The molecule has 0 spiro atoms. The summed E-state index contributed by atoms with van der Waals surface area (Å²) < 4.78 is 22.3. The zero-order valence-electron chi connectivity index (χ0n) is 19.1. The molecule has 1 unspecified atom stereocenters. The largest absolute Gasteiger partial charge is 0.474 e. The number of carbonyl (C=O) groups is 3. The number of thioether (sulfide) groups is 1. The predicted octanol–water partition coefficient (Wildman–Crippen LogP) is 3.18. The number of nitrogens with zero attached hydrogens (tertiary/aromatic N) is 2. The Morgan fingerprint density at radius 2 is 1.68 bits per heavy atom. The van der Waals surface area contributed by atoms with Gasteiger partial charge in [0.1, 0.15) is 5.75 Å². The van der Waals surface area contributed by atoms with Gasteiger partial charge in [0.05, 0.1) is 17.8 Å². The molecule has 1 saturated heterocycles. The Kier molecular flexibility index (Phi) is 8.12. The summed E-state index contributed by atoms with van der Waals surface area (Å²) in [5, 5.41) is 9.10. The van der Waals surface area contributed by atoms with Crippen LogP contribution >= 0.6 is 11.8 Å². The van der Waals surface area contributed by atoms with Crippen LogP contribution in [0.2, 0.25) is 0 Å². The number of aryl methyl sites for hydroxylation is 1. The first-order valence-corrected chi connectivity index (χ1v) is 11.5. The Morgan fingerprint density at radius 3 is 2.29 bits per heavy atom. The molecule has 0 N–H and O–H groups in total. The molecule has 178 valence electrons. The standard InChI is InChI=1S/C24H24N2O7S/c1-13-7-17(9-25)5-6-20(13)18-8-19(11-26-10-18)33-24-23(32-16(4)29)22(31-15(3)28)21(12-34-24)30-14(2)27/h5-8,10-11,21-24H,12H2,1-4H3/t21-,22+,23-,24?/m1/s1. The van der Waals surface area contributed by atoms with Crippen LogP contribution in [0.4, 0.5) is 0 Å². The molecule has 1 aliphatic heterocycles. The van der Waals surface area contributed by atoms with Gasteiger partial charge in [-0.1, -0.05) is 6.07 Å². The summed E-state index contributed by atoms with van der Waals surface area (Å²) in [6.45, 7) is 5.61. The summed E-state index contributed by atoms with van der Waals surface area (Å²) in [7, 11) is 0. The quantitative estimate of drug-likeness (QED) is 0.446. The molecule has 1 aromatic carbocycles. The van der Waals surface area contributed by atoms with E-state index in [1.165, 1.54) is 38.7 Å². The summed E-state index contributed by atoms with van der Waals surface area (Å²) >= 11 is 1.27. The zero-order valence-corrected chi connectivity index (χ0v) is 20.0. The number of benzene rings is 1. The lowest BCUT2D eigenvalue weighted by molar-refractivity contribution is -0.186.